The third-order valence-corrected chi connectivity index (χ3v) is 6.56. The van der Waals surface area contributed by atoms with Gasteiger partial charge in [-0.1, -0.05) is 29.4 Å². The van der Waals surface area contributed by atoms with Crippen LogP contribution in [0.2, 0.25) is 5.02 Å². The van der Waals surface area contributed by atoms with Crippen molar-refractivity contribution in [2.24, 2.45) is 0 Å². The summed E-state index contributed by atoms with van der Waals surface area (Å²) >= 11 is 7.29. The number of anilines is 1. The molecule has 1 saturated heterocycles. The summed E-state index contributed by atoms with van der Waals surface area (Å²) in [4.78, 5) is 29.4. The molecule has 4 rings (SSSR count). The summed E-state index contributed by atoms with van der Waals surface area (Å²) in [5, 5.41) is 4.10. The van der Waals surface area contributed by atoms with E-state index in [1.54, 1.807) is 28.8 Å². The van der Waals surface area contributed by atoms with E-state index in [1.807, 2.05) is 0 Å². The number of benzene rings is 1. The molecule has 6 nitrogen and oxygen atoms in total. The van der Waals surface area contributed by atoms with Gasteiger partial charge >= 0.3 is 5.69 Å². The van der Waals surface area contributed by atoms with E-state index in [2.05, 4.69) is 10.3 Å². The summed E-state index contributed by atoms with van der Waals surface area (Å²) in [5.74, 6) is 0.0494. The SMILES string of the molecule is O=C(CSc1nc(=O)n(CC2CCCO2)c2c1CCCC2)Nc1cccc(Cl)c1. The number of nitrogens with zero attached hydrogens (tertiary/aromatic N) is 2. The fraction of sp³-hybridized carbons (Fsp3) is 0.476. The van der Waals surface area contributed by atoms with Crippen LogP contribution in [-0.4, -0.2) is 33.9 Å². The van der Waals surface area contributed by atoms with Crippen LogP contribution in [0.3, 0.4) is 0 Å². The quantitative estimate of drug-likeness (QED) is 0.555. The molecule has 1 aliphatic carbocycles. The first-order chi connectivity index (χ1) is 14.1. The molecule has 8 heteroatoms. The number of rotatable bonds is 6. The van der Waals surface area contributed by atoms with Crippen LogP contribution in [-0.2, 0) is 28.9 Å². The second-order valence-corrected chi connectivity index (χ2v) is 8.83. The standard InChI is InChI=1S/C21H24ClN3O3S/c22-14-5-3-6-15(11-14)23-19(26)13-29-20-17-8-1-2-9-18(17)25(21(27)24-20)12-16-7-4-10-28-16/h3,5-6,11,16H,1-2,4,7-10,12-13H2,(H,23,26). The smallest absolute Gasteiger partial charge is 0.348 e. The molecule has 2 aromatic rings. The topological polar surface area (TPSA) is 73.2 Å². The number of ether oxygens (including phenoxy) is 1. The van der Waals surface area contributed by atoms with Gasteiger partial charge < -0.3 is 10.1 Å². The molecule has 0 spiro atoms. The number of carbonyl (C=O) groups excluding carboxylic acids is 1. The van der Waals surface area contributed by atoms with Crippen molar-refractivity contribution < 1.29 is 9.53 Å². The van der Waals surface area contributed by atoms with Gasteiger partial charge in [-0.2, -0.15) is 4.98 Å². The summed E-state index contributed by atoms with van der Waals surface area (Å²) in [5.41, 5.74) is 2.61. The number of halogens is 1. The Morgan fingerprint density at radius 2 is 2.17 bits per heavy atom. The zero-order chi connectivity index (χ0) is 20.2. The summed E-state index contributed by atoms with van der Waals surface area (Å²) in [7, 11) is 0. The highest BCUT2D eigenvalue weighted by atomic mass is 35.5. The van der Waals surface area contributed by atoms with Crippen LogP contribution in [0.15, 0.2) is 34.1 Å². The van der Waals surface area contributed by atoms with Crippen LogP contribution in [0.25, 0.3) is 0 Å². The van der Waals surface area contributed by atoms with Crippen LogP contribution in [0.1, 0.15) is 36.9 Å². The van der Waals surface area contributed by atoms with Gasteiger partial charge in [0.25, 0.3) is 0 Å². The normalized spacial score (nSPS) is 18.4. The van der Waals surface area contributed by atoms with Crippen molar-refractivity contribution in [1.29, 1.82) is 0 Å². The molecule has 1 aromatic carbocycles. The van der Waals surface area contributed by atoms with Gasteiger partial charge in [-0.15, -0.1) is 0 Å². The number of carbonyl (C=O) groups is 1. The lowest BCUT2D eigenvalue weighted by atomic mass is 9.97. The molecular weight excluding hydrogens is 410 g/mol. The van der Waals surface area contributed by atoms with Crippen LogP contribution in [0.4, 0.5) is 5.69 Å². The Labute approximate surface area is 179 Å². The molecule has 1 aromatic heterocycles. The predicted octanol–water partition coefficient (Wildman–Crippen LogP) is 3.69. The number of nitrogens with one attached hydrogen (secondary N) is 1. The molecule has 2 heterocycles. The van der Waals surface area contributed by atoms with Gasteiger partial charge in [-0.3, -0.25) is 9.36 Å². The first kappa shape index (κ1) is 20.4. The summed E-state index contributed by atoms with van der Waals surface area (Å²) in [6.45, 7) is 1.35. The van der Waals surface area contributed by atoms with Crippen LogP contribution >= 0.6 is 23.4 Å². The Morgan fingerprint density at radius 3 is 2.97 bits per heavy atom. The van der Waals surface area contributed by atoms with Gasteiger partial charge in [0.05, 0.1) is 18.4 Å². The van der Waals surface area contributed by atoms with E-state index in [4.69, 9.17) is 16.3 Å². The minimum Gasteiger partial charge on any atom is -0.376 e. The minimum absolute atomic E-state index is 0.0995. The Kier molecular flexibility index (Phi) is 6.57. The summed E-state index contributed by atoms with van der Waals surface area (Å²) in [6, 6.07) is 7.04. The molecule has 0 saturated carbocycles. The van der Waals surface area contributed by atoms with Crippen molar-refractivity contribution >= 4 is 35.0 Å². The maximum absolute atomic E-state index is 12.7. The van der Waals surface area contributed by atoms with Crippen LogP contribution < -0.4 is 11.0 Å². The number of fused-ring (bicyclic) bond motifs is 1. The van der Waals surface area contributed by atoms with Crippen molar-refractivity contribution in [3.8, 4) is 0 Å². The Balaban J connectivity index is 1.49. The average molecular weight is 434 g/mol. The zero-order valence-corrected chi connectivity index (χ0v) is 17.7. The van der Waals surface area contributed by atoms with E-state index in [-0.39, 0.29) is 23.5 Å². The molecule has 0 bridgehead atoms. The van der Waals surface area contributed by atoms with Gasteiger partial charge in [-0.25, -0.2) is 4.79 Å². The van der Waals surface area contributed by atoms with E-state index in [9.17, 15) is 9.59 Å². The maximum atomic E-state index is 12.7. The minimum atomic E-state index is -0.237. The Morgan fingerprint density at radius 1 is 1.31 bits per heavy atom. The van der Waals surface area contributed by atoms with Crippen LogP contribution in [0, 0.1) is 0 Å². The number of hydrogen-bond acceptors (Lipinski definition) is 5. The fourth-order valence-electron chi connectivity index (χ4n) is 3.94. The molecule has 1 amide bonds. The molecule has 0 radical (unpaired) electrons. The fourth-order valence-corrected chi connectivity index (χ4v) is 5.01. The third kappa shape index (κ3) is 5.02. The van der Waals surface area contributed by atoms with Crippen molar-refractivity contribution in [3.63, 3.8) is 0 Å². The third-order valence-electron chi connectivity index (χ3n) is 5.31. The highest BCUT2D eigenvalue weighted by Gasteiger charge is 2.24. The number of thioether (sulfide) groups is 1. The van der Waals surface area contributed by atoms with Crippen molar-refractivity contribution in [2.45, 2.75) is 56.2 Å². The van der Waals surface area contributed by atoms with E-state index in [1.165, 1.54) is 11.8 Å². The molecule has 1 unspecified atom stereocenters. The molecule has 1 atom stereocenters. The zero-order valence-electron chi connectivity index (χ0n) is 16.2. The molecule has 1 N–H and O–H groups in total. The lowest BCUT2D eigenvalue weighted by Crippen LogP contribution is -2.34. The summed E-state index contributed by atoms with van der Waals surface area (Å²) in [6.07, 6.45) is 6.05. The molecule has 2 aliphatic rings. The predicted molar refractivity (Wildman–Crippen MR) is 115 cm³/mol. The number of hydrogen-bond donors (Lipinski definition) is 1. The molecular formula is C21H24ClN3O3S. The first-order valence-corrected chi connectivity index (χ1v) is 11.4. The van der Waals surface area contributed by atoms with Gasteiger partial charge in [-0.05, 0) is 56.7 Å². The van der Waals surface area contributed by atoms with Gasteiger partial charge in [0.15, 0.2) is 0 Å². The number of amides is 1. The second kappa shape index (κ2) is 9.32. The highest BCUT2D eigenvalue weighted by Crippen LogP contribution is 2.29. The lowest BCUT2D eigenvalue weighted by molar-refractivity contribution is -0.113. The lowest BCUT2D eigenvalue weighted by Gasteiger charge is -2.24. The van der Waals surface area contributed by atoms with Gasteiger partial charge in [0.1, 0.15) is 5.03 Å². The molecule has 29 heavy (non-hydrogen) atoms. The largest absolute Gasteiger partial charge is 0.376 e. The van der Waals surface area contributed by atoms with Gasteiger partial charge in [0, 0.05) is 28.6 Å². The summed E-state index contributed by atoms with van der Waals surface area (Å²) < 4.78 is 7.53. The number of aromatic nitrogens is 2. The highest BCUT2D eigenvalue weighted by molar-refractivity contribution is 8.00. The molecule has 1 fully saturated rings. The van der Waals surface area contributed by atoms with E-state index in [0.717, 1.165) is 56.4 Å². The maximum Gasteiger partial charge on any atom is 0.348 e. The van der Waals surface area contributed by atoms with Crippen LogP contribution in [0.5, 0.6) is 0 Å². The van der Waals surface area contributed by atoms with Crippen molar-refractivity contribution in [3.05, 3.63) is 51.0 Å². The Bertz CT molecular complexity index is 957. The van der Waals surface area contributed by atoms with Crippen molar-refractivity contribution in [2.75, 3.05) is 17.7 Å². The second-order valence-electron chi connectivity index (χ2n) is 7.42. The van der Waals surface area contributed by atoms with Gasteiger partial charge in [0.2, 0.25) is 5.91 Å². The molecule has 154 valence electrons. The molecule has 1 aliphatic heterocycles. The van der Waals surface area contributed by atoms with E-state index < -0.39 is 0 Å². The van der Waals surface area contributed by atoms with Crippen molar-refractivity contribution in [1.82, 2.24) is 9.55 Å². The average Bonchev–Trinajstić information content (AvgIpc) is 3.22. The van der Waals surface area contributed by atoms with E-state index >= 15 is 0 Å². The van der Waals surface area contributed by atoms with E-state index in [0.29, 0.717) is 22.3 Å². The first-order valence-electron chi connectivity index (χ1n) is 10.0. The Hall–Kier alpha value is -1.83. The monoisotopic (exact) mass is 433 g/mol.